The number of rotatable bonds is 1. The van der Waals surface area contributed by atoms with Gasteiger partial charge in [0.2, 0.25) is 0 Å². The minimum atomic E-state index is 0.0820. The fourth-order valence-corrected chi connectivity index (χ4v) is 2.19. The van der Waals surface area contributed by atoms with Gasteiger partial charge in [-0.05, 0) is 12.8 Å². The van der Waals surface area contributed by atoms with Crippen LogP contribution in [0.2, 0.25) is 0 Å². The third kappa shape index (κ3) is 2.18. The van der Waals surface area contributed by atoms with E-state index in [1.165, 1.54) is 19.3 Å². The molecule has 2 aliphatic rings. The number of amides is 2. The molecule has 14 heavy (non-hydrogen) atoms. The molecule has 1 heterocycles. The molecule has 0 atom stereocenters. The molecule has 2 fully saturated rings. The summed E-state index contributed by atoms with van der Waals surface area (Å²) in [4.78, 5) is 13.4. The highest BCUT2D eigenvalue weighted by Gasteiger charge is 2.28. The first kappa shape index (κ1) is 9.77. The van der Waals surface area contributed by atoms with E-state index in [1.54, 1.807) is 4.90 Å². The third-order valence-corrected chi connectivity index (χ3v) is 3.13. The zero-order valence-corrected chi connectivity index (χ0v) is 8.54. The zero-order chi connectivity index (χ0) is 9.97. The van der Waals surface area contributed by atoms with Crippen LogP contribution in [0.3, 0.4) is 0 Å². The topological polar surface area (TPSA) is 58.4 Å². The molecule has 2 amide bonds. The number of carbonyl (C=O) groups excluding carboxylic acids is 1. The molecule has 0 aromatic carbocycles. The molecule has 0 aromatic heterocycles. The van der Waals surface area contributed by atoms with Gasteiger partial charge in [-0.2, -0.15) is 0 Å². The average Bonchev–Trinajstić information content (AvgIpc) is 2.14. The minimum absolute atomic E-state index is 0.0820. The largest absolute Gasteiger partial charge is 0.335 e. The lowest BCUT2D eigenvalue weighted by atomic mass is 9.95. The highest BCUT2D eigenvalue weighted by atomic mass is 16.2. The summed E-state index contributed by atoms with van der Waals surface area (Å²) < 4.78 is 0. The van der Waals surface area contributed by atoms with Gasteiger partial charge in [0.25, 0.3) is 0 Å². The summed E-state index contributed by atoms with van der Waals surface area (Å²) in [5, 5.41) is 3.07. The molecule has 0 spiro atoms. The van der Waals surface area contributed by atoms with E-state index in [9.17, 15) is 4.79 Å². The first-order chi connectivity index (χ1) is 6.75. The summed E-state index contributed by atoms with van der Waals surface area (Å²) in [6.07, 6.45) is 6.12. The van der Waals surface area contributed by atoms with E-state index < -0.39 is 0 Å². The van der Waals surface area contributed by atoms with Crippen LogP contribution in [-0.4, -0.2) is 36.1 Å². The number of hydrogen-bond acceptors (Lipinski definition) is 2. The average molecular weight is 197 g/mol. The molecule has 4 heteroatoms. The van der Waals surface area contributed by atoms with Crippen LogP contribution < -0.4 is 11.1 Å². The van der Waals surface area contributed by atoms with Crippen LogP contribution in [0.15, 0.2) is 0 Å². The van der Waals surface area contributed by atoms with Crippen LogP contribution in [0.25, 0.3) is 0 Å². The van der Waals surface area contributed by atoms with Crippen molar-refractivity contribution in [2.75, 3.05) is 13.1 Å². The van der Waals surface area contributed by atoms with Crippen molar-refractivity contribution in [3.8, 4) is 0 Å². The molecule has 4 nitrogen and oxygen atoms in total. The van der Waals surface area contributed by atoms with Crippen molar-refractivity contribution in [1.82, 2.24) is 10.2 Å². The molecular formula is C10H19N3O. The summed E-state index contributed by atoms with van der Waals surface area (Å²) >= 11 is 0. The Morgan fingerprint density at radius 2 is 1.86 bits per heavy atom. The molecule has 1 aliphatic carbocycles. The molecule has 0 unspecified atom stereocenters. The first-order valence-corrected chi connectivity index (χ1v) is 5.57. The van der Waals surface area contributed by atoms with Gasteiger partial charge in [-0.25, -0.2) is 4.79 Å². The van der Waals surface area contributed by atoms with Crippen LogP contribution in [-0.2, 0) is 0 Å². The molecule has 1 saturated heterocycles. The van der Waals surface area contributed by atoms with Crippen molar-refractivity contribution in [3.63, 3.8) is 0 Å². The van der Waals surface area contributed by atoms with E-state index in [0.717, 1.165) is 25.9 Å². The lowest BCUT2D eigenvalue weighted by molar-refractivity contribution is 0.147. The molecule has 0 aromatic rings. The standard InChI is InChI=1S/C10H19N3O/c11-8-6-13(7-8)10(14)12-9-4-2-1-3-5-9/h8-9H,1-7,11H2,(H,12,14). The minimum Gasteiger partial charge on any atom is -0.335 e. The number of likely N-dealkylation sites (tertiary alicyclic amines) is 1. The van der Waals surface area contributed by atoms with Gasteiger partial charge < -0.3 is 16.0 Å². The number of nitrogens with one attached hydrogen (secondary N) is 1. The Balaban J connectivity index is 1.71. The van der Waals surface area contributed by atoms with Crippen molar-refractivity contribution in [1.29, 1.82) is 0 Å². The quantitative estimate of drug-likeness (QED) is 0.649. The van der Waals surface area contributed by atoms with Crippen molar-refractivity contribution in [2.24, 2.45) is 5.73 Å². The van der Waals surface area contributed by atoms with Gasteiger partial charge in [-0.15, -0.1) is 0 Å². The molecule has 3 N–H and O–H groups in total. The zero-order valence-electron chi connectivity index (χ0n) is 8.54. The van der Waals surface area contributed by atoms with Gasteiger partial charge in [-0.1, -0.05) is 19.3 Å². The Labute approximate surface area is 84.8 Å². The van der Waals surface area contributed by atoms with E-state index in [-0.39, 0.29) is 12.1 Å². The Morgan fingerprint density at radius 1 is 1.21 bits per heavy atom. The normalized spacial score (nSPS) is 24.5. The molecule has 1 saturated carbocycles. The van der Waals surface area contributed by atoms with Crippen LogP contribution in [0.5, 0.6) is 0 Å². The van der Waals surface area contributed by atoms with E-state index in [0.29, 0.717) is 6.04 Å². The summed E-state index contributed by atoms with van der Waals surface area (Å²) in [5.74, 6) is 0. The molecule has 1 aliphatic heterocycles. The lowest BCUT2D eigenvalue weighted by Gasteiger charge is -2.38. The lowest BCUT2D eigenvalue weighted by Crippen LogP contribution is -2.61. The number of nitrogens with two attached hydrogens (primary N) is 1. The van der Waals surface area contributed by atoms with E-state index in [4.69, 9.17) is 5.73 Å². The maximum atomic E-state index is 11.6. The van der Waals surface area contributed by atoms with Crippen molar-refractivity contribution in [3.05, 3.63) is 0 Å². The van der Waals surface area contributed by atoms with Gasteiger partial charge in [0.05, 0.1) is 0 Å². The van der Waals surface area contributed by atoms with Crippen LogP contribution >= 0.6 is 0 Å². The van der Waals surface area contributed by atoms with E-state index >= 15 is 0 Å². The first-order valence-electron chi connectivity index (χ1n) is 5.57. The maximum absolute atomic E-state index is 11.6. The summed E-state index contributed by atoms with van der Waals surface area (Å²) in [7, 11) is 0. The van der Waals surface area contributed by atoms with Crippen LogP contribution in [0.1, 0.15) is 32.1 Å². The monoisotopic (exact) mass is 197 g/mol. The smallest absolute Gasteiger partial charge is 0.317 e. The number of urea groups is 1. The van der Waals surface area contributed by atoms with Gasteiger partial charge in [-0.3, -0.25) is 0 Å². The second-order valence-electron chi connectivity index (χ2n) is 4.45. The summed E-state index contributed by atoms with van der Waals surface area (Å²) in [5.41, 5.74) is 5.62. The highest BCUT2D eigenvalue weighted by molar-refractivity contribution is 5.75. The van der Waals surface area contributed by atoms with Gasteiger partial charge >= 0.3 is 6.03 Å². The van der Waals surface area contributed by atoms with Crippen LogP contribution in [0.4, 0.5) is 4.79 Å². The van der Waals surface area contributed by atoms with E-state index in [2.05, 4.69) is 5.32 Å². The SMILES string of the molecule is NC1CN(C(=O)NC2CCCCC2)C1. The van der Waals surface area contributed by atoms with E-state index in [1.807, 2.05) is 0 Å². The van der Waals surface area contributed by atoms with Crippen molar-refractivity contribution < 1.29 is 4.79 Å². The van der Waals surface area contributed by atoms with Gasteiger partial charge in [0.1, 0.15) is 0 Å². The van der Waals surface area contributed by atoms with Crippen LogP contribution in [0, 0.1) is 0 Å². The third-order valence-electron chi connectivity index (χ3n) is 3.13. The Bertz CT molecular complexity index is 207. The fourth-order valence-electron chi connectivity index (χ4n) is 2.19. The summed E-state index contributed by atoms with van der Waals surface area (Å²) in [6, 6.07) is 0.693. The number of carbonyl (C=O) groups is 1. The van der Waals surface area contributed by atoms with Gasteiger partial charge in [0, 0.05) is 25.2 Å². The predicted molar refractivity (Wildman–Crippen MR) is 55.0 cm³/mol. The number of hydrogen-bond donors (Lipinski definition) is 2. The Kier molecular flexibility index (Phi) is 2.91. The molecular weight excluding hydrogens is 178 g/mol. The Hall–Kier alpha value is -0.770. The van der Waals surface area contributed by atoms with Crippen molar-refractivity contribution >= 4 is 6.03 Å². The molecule has 0 radical (unpaired) electrons. The second kappa shape index (κ2) is 4.17. The summed E-state index contributed by atoms with van der Waals surface area (Å²) in [6.45, 7) is 1.44. The second-order valence-corrected chi connectivity index (χ2v) is 4.45. The van der Waals surface area contributed by atoms with Gasteiger partial charge in [0.15, 0.2) is 0 Å². The fraction of sp³-hybridized carbons (Fsp3) is 0.900. The maximum Gasteiger partial charge on any atom is 0.317 e. The molecule has 80 valence electrons. The predicted octanol–water partition coefficient (Wildman–Crippen LogP) is 0.672. The number of nitrogens with zero attached hydrogens (tertiary/aromatic N) is 1. The van der Waals surface area contributed by atoms with Crippen molar-refractivity contribution in [2.45, 2.75) is 44.2 Å². The molecule has 2 rings (SSSR count). The Morgan fingerprint density at radius 3 is 2.43 bits per heavy atom. The molecule has 0 bridgehead atoms. The highest BCUT2D eigenvalue weighted by Crippen LogP contribution is 2.18.